The van der Waals surface area contributed by atoms with E-state index in [1.54, 1.807) is 12.1 Å². The molecule has 0 bridgehead atoms. The van der Waals surface area contributed by atoms with E-state index in [2.05, 4.69) is 5.32 Å². The second kappa shape index (κ2) is 12.5. The predicted molar refractivity (Wildman–Crippen MR) is 142 cm³/mol. The van der Waals surface area contributed by atoms with Crippen LogP contribution >= 0.6 is 0 Å². The highest BCUT2D eigenvalue weighted by Gasteiger charge is 2.41. The summed E-state index contributed by atoms with van der Waals surface area (Å²) < 4.78 is 62.6. The van der Waals surface area contributed by atoms with Crippen LogP contribution in [0.4, 0.5) is 24.5 Å². The summed E-state index contributed by atoms with van der Waals surface area (Å²) in [6.45, 7) is -0.611. The highest BCUT2D eigenvalue weighted by molar-refractivity contribution is 6.06. The molecule has 2 aliphatic heterocycles. The standard InChI is InChI=1S/C28H31F3N2O8/c1-38-15-27(16-39-2)14-17(20-5-3-18(28(29,30)31)12-24(20)41-27)11-25(36)32-19-4-6-22-21(13-19)33(8-10-35)26(37)23(40-22)7-9-34/h3-6,11-13,23,34-35H,7-10,14-16H2,1-2H3,(H,32,36)/b17-11+. The van der Waals surface area contributed by atoms with Crippen LogP contribution in [-0.4, -0.2) is 80.9 Å². The number of ether oxygens (including phenoxy) is 4. The number of hydrogen-bond donors (Lipinski definition) is 3. The molecule has 2 amide bonds. The Morgan fingerprint density at radius 2 is 1.85 bits per heavy atom. The van der Waals surface area contributed by atoms with E-state index >= 15 is 0 Å². The van der Waals surface area contributed by atoms with Crippen molar-refractivity contribution in [3.63, 3.8) is 0 Å². The number of carbonyl (C=O) groups is 2. The van der Waals surface area contributed by atoms with Crippen LogP contribution in [0.5, 0.6) is 11.5 Å². The van der Waals surface area contributed by atoms with Gasteiger partial charge in [-0.1, -0.05) is 6.07 Å². The molecule has 2 aliphatic rings. The van der Waals surface area contributed by atoms with Gasteiger partial charge in [-0.15, -0.1) is 0 Å². The first-order valence-corrected chi connectivity index (χ1v) is 12.8. The largest absolute Gasteiger partial charge is 0.481 e. The van der Waals surface area contributed by atoms with Gasteiger partial charge in [-0.05, 0) is 35.9 Å². The zero-order chi connectivity index (χ0) is 29.8. The molecule has 1 unspecified atom stereocenters. The van der Waals surface area contributed by atoms with Crippen LogP contribution < -0.4 is 19.7 Å². The molecule has 2 heterocycles. The van der Waals surface area contributed by atoms with Crippen LogP contribution in [0, 0.1) is 0 Å². The molecule has 2 aromatic rings. The molecular weight excluding hydrogens is 549 g/mol. The van der Waals surface area contributed by atoms with E-state index in [1.807, 2.05) is 0 Å². The monoisotopic (exact) mass is 580 g/mol. The number of alkyl halides is 3. The van der Waals surface area contributed by atoms with E-state index < -0.39 is 35.3 Å². The van der Waals surface area contributed by atoms with Gasteiger partial charge >= 0.3 is 6.18 Å². The molecule has 0 saturated heterocycles. The van der Waals surface area contributed by atoms with Gasteiger partial charge in [-0.25, -0.2) is 0 Å². The minimum Gasteiger partial charge on any atom is -0.481 e. The van der Waals surface area contributed by atoms with Gasteiger partial charge in [0.2, 0.25) is 5.91 Å². The number of rotatable bonds is 10. The van der Waals surface area contributed by atoms with Crippen molar-refractivity contribution in [3.05, 3.63) is 53.6 Å². The maximum absolute atomic E-state index is 13.4. The number of nitrogens with one attached hydrogen (secondary N) is 1. The van der Waals surface area contributed by atoms with E-state index in [0.29, 0.717) is 28.3 Å². The van der Waals surface area contributed by atoms with Crippen molar-refractivity contribution in [2.24, 2.45) is 0 Å². The van der Waals surface area contributed by atoms with Crippen LogP contribution in [0.3, 0.4) is 0 Å². The molecule has 0 fully saturated rings. The maximum atomic E-state index is 13.4. The number of hydrogen-bond acceptors (Lipinski definition) is 8. The molecule has 0 aromatic heterocycles. The number of aliphatic hydroxyl groups excluding tert-OH is 2. The molecule has 0 radical (unpaired) electrons. The quantitative estimate of drug-likeness (QED) is 0.366. The molecule has 1 atom stereocenters. The second-order valence-electron chi connectivity index (χ2n) is 9.71. The third-order valence-corrected chi connectivity index (χ3v) is 6.66. The molecule has 41 heavy (non-hydrogen) atoms. The van der Waals surface area contributed by atoms with E-state index in [-0.39, 0.29) is 51.6 Å². The summed E-state index contributed by atoms with van der Waals surface area (Å²) in [6, 6.07) is 7.71. The molecule has 4 rings (SSSR count). The van der Waals surface area contributed by atoms with E-state index in [9.17, 15) is 33.0 Å². The average molecular weight is 581 g/mol. The van der Waals surface area contributed by atoms with Crippen LogP contribution in [0.25, 0.3) is 5.57 Å². The van der Waals surface area contributed by atoms with E-state index in [1.165, 1.54) is 37.3 Å². The summed E-state index contributed by atoms with van der Waals surface area (Å²) in [4.78, 5) is 27.3. The molecule has 0 saturated carbocycles. The first-order chi connectivity index (χ1) is 19.5. The summed E-state index contributed by atoms with van der Waals surface area (Å²) in [5.41, 5.74) is -0.692. The van der Waals surface area contributed by atoms with Crippen molar-refractivity contribution in [3.8, 4) is 11.5 Å². The van der Waals surface area contributed by atoms with Crippen molar-refractivity contribution >= 4 is 28.8 Å². The van der Waals surface area contributed by atoms with Gasteiger partial charge in [0, 0.05) is 57.5 Å². The molecule has 13 heteroatoms. The van der Waals surface area contributed by atoms with Crippen molar-refractivity contribution in [2.75, 3.05) is 57.4 Å². The SMILES string of the molecule is COCC1(COC)C/C(=C\C(=O)Nc2ccc3c(c2)N(CCO)C(=O)C(CCO)O3)c2ccc(C(F)(F)F)cc2O1. The number of amides is 2. The van der Waals surface area contributed by atoms with E-state index in [0.717, 1.165) is 12.1 Å². The van der Waals surface area contributed by atoms with Gasteiger partial charge in [0.15, 0.2) is 11.7 Å². The highest BCUT2D eigenvalue weighted by atomic mass is 19.4. The predicted octanol–water partition coefficient (Wildman–Crippen LogP) is 3.01. The molecule has 0 aliphatic carbocycles. The Bertz CT molecular complexity index is 1310. The van der Waals surface area contributed by atoms with Crippen molar-refractivity contribution in [1.82, 2.24) is 0 Å². The number of halogens is 3. The molecule has 2 aromatic carbocycles. The molecular formula is C28H31F3N2O8. The Morgan fingerprint density at radius 1 is 1.12 bits per heavy atom. The van der Waals surface area contributed by atoms with Gasteiger partial charge in [0.1, 0.15) is 11.5 Å². The number of carbonyl (C=O) groups excluding carboxylic acids is 2. The van der Waals surface area contributed by atoms with Gasteiger partial charge in [0.25, 0.3) is 5.91 Å². The maximum Gasteiger partial charge on any atom is 0.416 e. The Labute approximate surface area is 234 Å². The fraction of sp³-hybridized carbons (Fsp3) is 0.429. The Kier molecular flexibility index (Phi) is 9.22. The Hall–Kier alpha value is -3.65. The minimum atomic E-state index is -4.60. The lowest BCUT2D eigenvalue weighted by Gasteiger charge is -2.39. The normalized spacial score (nSPS) is 18.8. The van der Waals surface area contributed by atoms with Crippen molar-refractivity contribution in [2.45, 2.75) is 30.7 Å². The van der Waals surface area contributed by atoms with Gasteiger partial charge in [-0.2, -0.15) is 13.2 Å². The number of benzene rings is 2. The smallest absolute Gasteiger partial charge is 0.416 e. The second-order valence-corrected chi connectivity index (χ2v) is 9.71. The van der Waals surface area contributed by atoms with Gasteiger partial charge in [-0.3, -0.25) is 9.59 Å². The number of aliphatic hydroxyl groups is 2. The summed E-state index contributed by atoms with van der Waals surface area (Å²) in [6.07, 6.45) is -4.03. The Morgan fingerprint density at radius 3 is 2.49 bits per heavy atom. The number of fused-ring (bicyclic) bond motifs is 2. The average Bonchev–Trinajstić information content (AvgIpc) is 2.91. The third kappa shape index (κ3) is 6.64. The van der Waals surface area contributed by atoms with Crippen molar-refractivity contribution < 1.29 is 51.9 Å². The fourth-order valence-corrected chi connectivity index (χ4v) is 4.99. The lowest BCUT2D eigenvalue weighted by Crippen LogP contribution is -2.47. The molecule has 10 nitrogen and oxygen atoms in total. The van der Waals surface area contributed by atoms with Gasteiger partial charge in [0.05, 0.1) is 31.1 Å². The zero-order valence-corrected chi connectivity index (χ0v) is 22.5. The summed E-state index contributed by atoms with van der Waals surface area (Å²) in [5.74, 6) is -0.724. The molecule has 222 valence electrons. The Balaban J connectivity index is 1.66. The first-order valence-electron chi connectivity index (χ1n) is 12.8. The lowest BCUT2D eigenvalue weighted by atomic mass is 9.86. The van der Waals surface area contributed by atoms with Crippen LogP contribution in [0.15, 0.2) is 42.5 Å². The lowest BCUT2D eigenvalue weighted by molar-refractivity contribution is -0.138. The zero-order valence-electron chi connectivity index (χ0n) is 22.5. The number of methoxy groups -OCH3 is 2. The van der Waals surface area contributed by atoms with Crippen LogP contribution in [0.2, 0.25) is 0 Å². The topological polar surface area (TPSA) is 127 Å². The number of anilines is 2. The van der Waals surface area contributed by atoms with Crippen LogP contribution in [0.1, 0.15) is 24.0 Å². The van der Waals surface area contributed by atoms with E-state index in [4.69, 9.17) is 18.9 Å². The third-order valence-electron chi connectivity index (χ3n) is 6.66. The fourth-order valence-electron chi connectivity index (χ4n) is 4.99. The highest BCUT2D eigenvalue weighted by Crippen LogP contribution is 2.44. The first kappa shape index (κ1) is 30.3. The minimum absolute atomic E-state index is 0.00764. The van der Waals surface area contributed by atoms with Gasteiger partial charge < -0.3 is 39.4 Å². The summed E-state index contributed by atoms with van der Waals surface area (Å²) in [7, 11) is 2.85. The summed E-state index contributed by atoms with van der Waals surface area (Å²) in [5, 5.41) is 21.5. The summed E-state index contributed by atoms with van der Waals surface area (Å²) >= 11 is 0. The van der Waals surface area contributed by atoms with Crippen LogP contribution in [-0.2, 0) is 25.2 Å². The number of β-amino-alcohol motifs (C(OH)–C–C–N with tert-alkyl or cyclic N) is 1. The molecule has 3 N–H and O–H groups in total. The molecule has 0 spiro atoms. The number of nitrogens with zero attached hydrogens (tertiary/aromatic N) is 1. The van der Waals surface area contributed by atoms with Crippen molar-refractivity contribution in [1.29, 1.82) is 0 Å².